The van der Waals surface area contributed by atoms with Gasteiger partial charge >= 0.3 is 0 Å². The fraction of sp³-hybridized carbons (Fsp3) is 0.458. The lowest BCUT2D eigenvalue weighted by atomic mass is 9.94. The topological polar surface area (TPSA) is 114 Å². The second kappa shape index (κ2) is 9.47. The predicted octanol–water partition coefficient (Wildman–Crippen LogP) is 2.01. The average Bonchev–Trinajstić information content (AvgIpc) is 3.09. The molecule has 2 unspecified atom stereocenters. The number of nitrogen functional groups attached to an aromatic ring is 1. The summed E-state index contributed by atoms with van der Waals surface area (Å²) in [6.07, 6.45) is 1.54. The highest BCUT2D eigenvalue weighted by Gasteiger charge is 2.40. The highest BCUT2D eigenvalue weighted by Crippen LogP contribution is 2.29. The maximum atomic E-state index is 12.9. The van der Waals surface area contributed by atoms with Crippen LogP contribution in [0.5, 0.6) is 0 Å². The van der Waals surface area contributed by atoms with Gasteiger partial charge in [-0.05, 0) is 63.6 Å². The van der Waals surface area contributed by atoms with Gasteiger partial charge < -0.3 is 16.8 Å². The second-order valence-corrected chi connectivity index (χ2v) is 8.79. The molecular formula is C24H33N5O2. The average molecular weight is 424 g/mol. The number of primary amides is 1. The van der Waals surface area contributed by atoms with Gasteiger partial charge in [0.1, 0.15) is 5.82 Å². The summed E-state index contributed by atoms with van der Waals surface area (Å²) in [5.41, 5.74) is 16.8. The van der Waals surface area contributed by atoms with Crippen LogP contribution in [0.4, 0.5) is 5.82 Å². The quantitative estimate of drug-likeness (QED) is 0.630. The van der Waals surface area contributed by atoms with Crippen LogP contribution in [0.3, 0.4) is 0 Å². The Morgan fingerprint density at radius 2 is 1.87 bits per heavy atom. The molecule has 7 nitrogen and oxygen atoms in total. The summed E-state index contributed by atoms with van der Waals surface area (Å²) in [6.45, 7) is 8.91. The number of nitrogens with zero attached hydrogens (tertiary/aromatic N) is 2. The number of pyridine rings is 1. The summed E-state index contributed by atoms with van der Waals surface area (Å²) >= 11 is 0. The van der Waals surface area contributed by atoms with Crippen LogP contribution >= 0.6 is 0 Å². The van der Waals surface area contributed by atoms with Crippen LogP contribution in [0.15, 0.2) is 30.3 Å². The number of amides is 2. The first-order valence-electron chi connectivity index (χ1n) is 10.8. The lowest BCUT2D eigenvalue weighted by Crippen LogP contribution is -2.51. The number of aromatic nitrogens is 1. The van der Waals surface area contributed by atoms with Gasteiger partial charge in [-0.15, -0.1) is 0 Å². The molecule has 2 aromatic rings. The molecule has 0 radical (unpaired) electrons. The van der Waals surface area contributed by atoms with E-state index >= 15 is 0 Å². The number of likely N-dealkylation sites (tertiary alicyclic amines) is 1. The van der Waals surface area contributed by atoms with Crippen LogP contribution in [0, 0.1) is 26.7 Å². The summed E-state index contributed by atoms with van der Waals surface area (Å²) in [5, 5.41) is 2.96. The molecule has 1 aliphatic rings. The van der Waals surface area contributed by atoms with E-state index in [0.29, 0.717) is 25.3 Å². The summed E-state index contributed by atoms with van der Waals surface area (Å²) in [6, 6.07) is 9.23. The molecule has 2 amide bonds. The predicted molar refractivity (Wildman–Crippen MR) is 122 cm³/mol. The fourth-order valence-electron chi connectivity index (χ4n) is 4.60. The number of benzene rings is 1. The van der Waals surface area contributed by atoms with Crippen LogP contribution in [0.1, 0.15) is 41.3 Å². The van der Waals surface area contributed by atoms with Gasteiger partial charge in [0.15, 0.2) is 0 Å². The number of anilines is 1. The molecule has 7 heteroatoms. The summed E-state index contributed by atoms with van der Waals surface area (Å²) in [7, 11) is 0. The van der Waals surface area contributed by atoms with Crippen molar-refractivity contribution in [2.24, 2.45) is 11.7 Å². The normalized spacial score (nSPS) is 19.9. The minimum atomic E-state index is -0.455. The maximum Gasteiger partial charge on any atom is 0.237 e. The largest absolute Gasteiger partial charge is 0.384 e. The summed E-state index contributed by atoms with van der Waals surface area (Å²) in [5.74, 6) is 0.227. The number of carbonyl (C=O) groups excluding carboxylic acids is 2. The van der Waals surface area contributed by atoms with Gasteiger partial charge in [-0.2, -0.15) is 0 Å². The zero-order valence-electron chi connectivity index (χ0n) is 18.8. The molecule has 0 bridgehead atoms. The number of aryl methyl sites for hydroxylation is 3. The number of hydrogen-bond donors (Lipinski definition) is 3. The lowest BCUT2D eigenvalue weighted by Gasteiger charge is -2.28. The van der Waals surface area contributed by atoms with Crippen molar-refractivity contribution < 1.29 is 9.59 Å². The standard InChI is InChI=1S/C24H33N5O2/c1-14-7-15(2)9-18(8-14)10-19-11-21(23(26)30)29(13-19)17(4)24(31)27-12-20-5-6-22(25)28-16(20)3/h5-9,17,19,21H,10-13H2,1-4H3,(H2,25,28)(H2,26,30)(H,27,31)/t17-,19?,21?/m0/s1. The van der Waals surface area contributed by atoms with E-state index in [9.17, 15) is 9.59 Å². The number of rotatable bonds is 7. The maximum absolute atomic E-state index is 12.9. The Bertz CT molecular complexity index is 954. The Morgan fingerprint density at radius 3 is 2.48 bits per heavy atom. The van der Waals surface area contributed by atoms with E-state index in [4.69, 9.17) is 11.5 Å². The van der Waals surface area contributed by atoms with E-state index in [1.54, 1.807) is 6.07 Å². The molecule has 1 aromatic heterocycles. The smallest absolute Gasteiger partial charge is 0.237 e. The number of nitrogens with two attached hydrogens (primary N) is 2. The van der Waals surface area contributed by atoms with Crippen molar-refractivity contribution in [3.8, 4) is 0 Å². The molecule has 1 fully saturated rings. The number of carbonyl (C=O) groups is 2. The molecule has 1 aliphatic heterocycles. The van der Waals surface area contributed by atoms with Crippen LogP contribution in [-0.2, 0) is 22.6 Å². The summed E-state index contributed by atoms with van der Waals surface area (Å²) < 4.78 is 0. The first-order valence-corrected chi connectivity index (χ1v) is 10.8. The van der Waals surface area contributed by atoms with E-state index in [0.717, 1.165) is 17.7 Å². The molecular weight excluding hydrogens is 390 g/mol. The van der Waals surface area contributed by atoms with Crippen molar-refractivity contribution in [3.63, 3.8) is 0 Å². The van der Waals surface area contributed by atoms with Crippen molar-refractivity contribution in [3.05, 3.63) is 58.3 Å². The molecule has 3 rings (SSSR count). The third-order valence-electron chi connectivity index (χ3n) is 6.11. The molecule has 5 N–H and O–H groups in total. The van der Waals surface area contributed by atoms with Gasteiger partial charge in [0.05, 0.1) is 12.1 Å². The third kappa shape index (κ3) is 5.61. The van der Waals surface area contributed by atoms with Gasteiger partial charge in [0.2, 0.25) is 11.8 Å². The van der Waals surface area contributed by atoms with E-state index in [1.807, 2.05) is 24.8 Å². The van der Waals surface area contributed by atoms with Crippen molar-refractivity contribution in [1.29, 1.82) is 0 Å². The monoisotopic (exact) mass is 423 g/mol. The Labute approximate surface area is 184 Å². The number of nitrogens with one attached hydrogen (secondary N) is 1. The lowest BCUT2D eigenvalue weighted by molar-refractivity contribution is -0.129. The van der Waals surface area contributed by atoms with Crippen LogP contribution in [0.25, 0.3) is 0 Å². The van der Waals surface area contributed by atoms with E-state index < -0.39 is 12.1 Å². The number of hydrogen-bond acceptors (Lipinski definition) is 5. The van der Waals surface area contributed by atoms with E-state index in [1.165, 1.54) is 16.7 Å². The first-order chi connectivity index (χ1) is 14.6. The van der Waals surface area contributed by atoms with Gasteiger partial charge in [-0.3, -0.25) is 14.5 Å². The Balaban J connectivity index is 1.65. The molecule has 31 heavy (non-hydrogen) atoms. The molecule has 0 aliphatic carbocycles. The van der Waals surface area contributed by atoms with E-state index in [-0.39, 0.29) is 17.7 Å². The van der Waals surface area contributed by atoms with Crippen LogP contribution in [-0.4, -0.2) is 40.3 Å². The van der Waals surface area contributed by atoms with Crippen molar-refractivity contribution in [2.75, 3.05) is 12.3 Å². The zero-order valence-corrected chi connectivity index (χ0v) is 18.8. The van der Waals surface area contributed by atoms with Crippen molar-refractivity contribution in [2.45, 2.75) is 59.2 Å². The SMILES string of the molecule is Cc1cc(C)cc(CC2CC(C(N)=O)N([C@@H](C)C(=O)NCc3ccc(N)nc3C)C2)c1. The highest BCUT2D eigenvalue weighted by atomic mass is 16.2. The van der Waals surface area contributed by atoms with Crippen LogP contribution in [0.2, 0.25) is 0 Å². The Morgan fingerprint density at radius 1 is 1.19 bits per heavy atom. The van der Waals surface area contributed by atoms with Gasteiger partial charge in [0.25, 0.3) is 0 Å². The van der Waals surface area contributed by atoms with Crippen LogP contribution < -0.4 is 16.8 Å². The summed E-state index contributed by atoms with van der Waals surface area (Å²) in [4.78, 5) is 31.2. The molecule has 166 valence electrons. The minimum absolute atomic E-state index is 0.130. The Hall–Kier alpha value is -2.93. The highest BCUT2D eigenvalue weighted by molar-refractivity contribution is 5.84. The molecule has 0 saturated carbocycles. The minimum Gasteiger partial charge on any atom is -0.384 e. The fourth-order valence-corrected chi connectivity index (χ4v) is 4.60. The van der Waals surface area contributed by atoms with Gasteiger partial charge in [-0.1, -0.05) is 35.4 Å². The second-order valence-electron chi connectivity index (χ2n) is 8.79. The van der Waals surface area contributed by atoms with E-state index in [2.05, 4.69) is 42.3 Å². The molecule has 2 heterocycles. The van der Waals surface area contributed by atoms with Gasteiger partial charge in [-0.25, -0.2) is 4.98 Å². The third-order valence-corrected chi connectivity index (χ3v) is 6.11. The first kappa shape index (κ1) is 22.7. The zero-order chi connectivity index (χ0) is 22.7. The molecule has 0 spiro atoms. The van der Waals surface area contributed by atoms with Gasteiger partial charge in [0, 0.05) is 18.8 Å². The van der Waals surface area contributed by atoms with Crippen molar-refractivity contribution in [1.82, 2.24) is 15.2 Å². The van der Waals surface area contributed by atoms with Crippen molar-refractivity contribution >= 4 is 17.6 Å². The molecule has 1 aromatic carbocycles. The molecule has 3 atom stereocenters. The molecule has 1 saturated heterocycles. The Kier molecular flexibility index (Phi) is 6.95.